The number of benzene rings is 2. The first-order valence-electron chi connectivity index (χ1n) is 8.77. The Kier molecular flexibility index (Phi) is 6.98. The fraction of sp³-hybridized carbons (Fsp3) is 0.350. The van der Waals surface area contributed by atoms with Gasteiger partial charge in [-0.05, 0) is 30.2 Å². The number of nitrogens with one attached hydrogen (secondary N) is 1. The number of amides is 1. The molecule has 0 saturated heterocycles. The third-order valence-corrected chi connectivity index (χ3v) is 6.12. The van der Waals surface area contributed by atoms with Gasteiger partial charge in [0.25, 0.3) is 0 Å². The summed E-state index contributed by atoms with van der Waals surface area (Å²) in [6.45, 7) is 2.03. The number of nitrogens with zero attached hydrogens (tertiary/aromatic N) is 1. The van der Waals surface area contributed by atoms with E-state index in [-0.39, 0.29) is 22.5 Å². The molecule has 0 heterocycles. The molecule has 6 nitrogen and oxygen atoms in total. The van der Waals surface area contributed by atoms with Crippen LogP contribution in [0.2, 0.25) is 0 Å². The zero-order chi connectivity index (χ0) is 20.0. The van der Waals surface area contributed by atoms with Crippen LogP contribution >= 0.6 is 0 Å². The van der Waals surface area contributed by atoms with E-state index in [0.717, 1.165) is 16.3 Å². The van der Waals surface area contributed by atoms with E-state index >= 15 is 0 Å². The number of hydrogen-bond acceptors (Lipinski definition) is 4. The molecule has 0 unspecified atom stereocenters. The summed E-state index contributed by atoms with van der Waals surface area (Å²) in [4.78, 5) is 12.9. The summed E-state index contributed by atoms with van der Waals surface area (Å²) in [6.07, 6.45) is 1.56. The van der Waals surface area contributed by atoms with Gasteiger partial charge in [0.2, 0.25) is 15.9 Å². The van der Waals surface area contributed by atoms with Crippen molar-refractivity contribution in [2.75, 3.05) is 26.5 Å². The molecule has 0 fully saturated rings. The summed E-state index contributed by atoms with van der Waals surface area (Å²) in [6, 6.07) is 14.2. The Hall–Kier alpha value is -2.38. The second-order valence-electron chi connectivity index (χ2n) is 6.39. The zero-order valence-corrected chi connectivity index (χ0v) is 16.9. The smallest absolute Gasteiger partial charge is 0.246 e. The van der Waals surface area contributed by atoms with Gasteiger partial charge in [-0.2, -0.15) is 0 Å². The summed E-state index contributed by atoms with van der Waals surface area (Å²) < 4.78 is 31.4. The second kappa shape index (κ2) is 9.01. The molecule has 1 atom stereocenters. The Bertz CT molecular complexity index is 880. The molecule has 0 aliphatic carbocycles. The van der Waals surface area contributed by atoms with Gasteiger partial charge in [0.05, 0.1) is 13.0 Å². The summed E-state index contributed by atoms with van der Waals surface area (Å²) in [5.74, 6) is -0.233. The van der Waals surface area contributed by atoms with Crippen molar-refractivity contribution in [1.82, 2.24) is 4.31 Å². The number of sulfonamides is 1. The minimum absolute atomic E-state index is 0.0135. The van der Waals surface area contributed by atoms with Gasteiger partial charge >= 0.3 is 0 Å². The summed E-state index contributed by atoms with van der Waals surface area (Å²) in [5.41, 5.74) is 1.35. The molecule has 2 aromatic carbocycles. The van der Waals surface area contributed by atoms with E-state index in [1.807, 2.05) is 37.3 Å². The number of rotatable bonds is 8. The molecule has 1 amide bonds. The molecule has 0 saturated carbocycles. The van der Waals surface area contributed by atoms with E-state index in [1.54, 1.807) is 12.1 Å². The Labute approximate surface area is 161 Å². The first-order valence-corrected chi connectivity index (χ1v) is 10.2. The molecule has 0 spiro atoms. The molecule has 0 aromatic heterocycles. The van der Waals surface area contributed by atoms with Crippen LogP contribution in [0.4, 0.5) is 5.69 Å². The first kappa shape index (κ1) is 20.9. The zero-order valence-electron chi connectivity index (χ0n) is 16.1. The average Bonchev–Trinajstić information content (AvgIpc) is 2.66. The number of hydrogen-bond donors (Lipinski definition) is 1. The Balaban J connectivity index is 2.34. The predicted molar refractivity (Wildman–Crippen MR) is 107 cm³/mol. The van der Waals surface area contributed by atoms with Gasteiger partial charge in [0.15, 0.2) is 0 Å². The van der Waals surface area contributed by atoms with Crippen LogP contribution in [-0.4, -0.2) is 39.8 Å². The van der Waals surface area contributed by atoms with Gasteiger partial charge in [-0.3, -0.25) is 4.79 Å². The summed E-state index contributed by atoms with van der Waals surface area (Å²) in [5, 5.41) is 2.85. The number of anilines is 1. The van der Waals surface area contributed by atoms with Crippen LogP contribution in [0.1, 0.15) is 31.2 Å². The molecule has 7 heteroatoms. The SMILES string of the molecule is CCC[C@@H](C(=O)Nc1ccc(OC)c(S(=O)(=O)N(C)C)c1)c1ccccc1. The highest BCUT2D eigenvalue weighted by atomic mass is 32.2. The lowest BCUT2D eigenvalue weighted by Crippen LogP contribution is -2.24. The highest BCUT2D eigenvalue weighted by Gasteiger charge is 2.24. The molecule has 27 heavy (non-hydrogen) atoms. The van der Waals surface area contributed by atoms with Crippen LogP contribution in [0, 0.1) is 0 Å². The number of ether oxygens (including phenoxy) is 1. The Morgan fingerprint density at radius 2 is 1.81 bits per heavy atom. The Morgan fingerprint density at radius 1 is 1.15 bits per heavy atom. The monoisotopic (exact) mass is 390 g/mol. The largest absolute Gasteiger partial charge is 0.495 e. The van der Waals surface area contributed by atoms with Gasteiger partial charge in [-0.25, -0.2) is 12.7 Å². The topological polar surface area (TPSA) is 75.7 Å². The highest BCUT2D eigenvalue weighted by Crippen LogP contribution is 2.30. The summed E-state index contributed by atoms with van der Waals surface area (Å²) >= 11 is 0. The van der Waals surface area contributed by atoms with Crippen LogP contribution in [0.5, 0.6) is 5.75 Å². The van der Waals surface area contributed by atoms with Gasteiger partial charge in [-0.1, -0.05) is 43.7 Å². The number of carbonyl (C=O) groups is 1. The van der Waals surface area contributed by atoms with Gasteiger partial charge < -0.3 is 10.1 Å². The quantitative estimate of drug-likeness (QED) is 0.749. The fourth-order valence-corrected chi connectivity index (χ4v) is 3.88. The standard InChI is InChI=1S/C20H26N2O4S/c1-5-9-17(15-10-7-6-8-11-15)20(23)21-16-12-13-18(26-4)19(14-16)27(24,25)22(2)3/h6-8,10-14,17H,5,9H2,1-4H3,(H,21,23)/t17-/m1/s1. The van der Waals surface area contributed by atoms with Crippen molar-refractivity contribution in [2.24, 2.45) is 0 Å². The van der Waals surface area contributed by atoms with E-state index in [1.165, 1.54) is 27.3 Å². The lowest BCUT2D eigenvalue weighted by molar-refractivity contribution is -0.117. The molecule has 0 radical (unpaired) electrons. The molecule has 1 N–H and O–H groups in total. The van der Waals surface area contributed by atoms with Crippen LogP contribution in [0.3, 0.4) is 0 Å². The number of carbonyl (C=O) groups excluding carboxylic acids is 1. The molecular formula is C20H26N2O4S. The molecule has 0 aliphatic rings. The Morgan fingerprint density at radius 3 is 2.37 bits per heavy atom. The maximum atomic E-state index is 12.9. The van der Waals surface area contributed by atoms with E-state index < -0.39 is 10.0 Å². The lowest BCUT2D eigenvalue weighted by atomic mass is 9.93. The van der Waals surface area contributed by atoms with E-state index in [0.29, 0.717) is 12.1 Å². The van der Waals surface area contributed by atoms with Crippen molar-refractivity contribution in [3.05, 3.63) is 54.1 Å². The van der Waals surface area contributed by atoms with Crippen molar-refractivity contribution in [3.63, 3.8) is 0 Å². The molecule has 2 aromatic rings. The van der Waals surface area contributed by atoms with Crippen LogP contribution in [0.25, 0.3) is 0 Å². The van der Waals surface area contributed by atoms with Crippen molar-refractivity contribution in [2.45, 2.75) is 30.6 Å². The molecule has 0 aliphatic heterocycles. The normalized spacial score (nSPS) is 12.6. The van der Waals surface area contributed by atoms with E-state index in [4.69, 9.17) is 4.74 Å². The third-order valence-electron chi connectivity index (χ3n) is 4.29. The predicted octanol–water partition coefficient (Wildman–Crippen LogP) is 3.47. The van der Waals surface area contributed by atoms with Crippen LogP contribution in [-0.2, 0) is 14.8 Å². The van der Waals surface area contributed by atoms with Crippen molar-refractivity contribution in [1.29, 1.82) is 0 Å². The van der Waals surface area contributed by atoms with Crippen molar-refractivity contribution < 1.29 is 17.9 Å². The molecular weight excluding hydrogens is 364 g/mol. The van der Waals surface area contributed by atoms with Crippen LogP contribution < -0.4 is 10.1 Å². The summed E-state index contributed by atoms with van der Waals surface area (Å²) in [7, 11) is 0.610. The maximum absolute atomic E-state index is 12.9. The van der Waals surface area contributed by atoms with Crippen LogP contribution in [0.15, 0.2) is 53.4 Å². The number of methoxy groups -OCH3 is 1. The maximum Gasteiger partial charge on any atom is 0.246 e. The molecule has 2 rings (SSSR count). The second-order valence-corrected chi connectivity index (χ2v) is 8.51. The van der Waals surface area contributed by atoms with E-state index in [2.05, 4.69) is 5.32 Å². The highest BCUT2D eigenvalue weighted by molar-refractivity contribution is 7.89. The minimum Gasteiger partial charge on any atom is -0.495 e. The van der Waals surface area contributed by atoms with Gasteiger partial charge in [0, 0.05) is 19.8 Å². The minimum atomic E-state index is -3.70. The first-order chi connectivity index (χ1) is 12.8. The average molecular weight is 391 g/mol. The van der Waals surface area contributed by atoms with Gasteiger partial charge in [-0.15, -0.1) is 0 Å². The van der Waals surface area contributed by atoms with Crippen molar-refractivity contribution >= 4 is 21.6 Å². The van der Waals surface area contributed by atoms with Crippen molar-refractivity contribution in [3.8, 4) is 5.75 Å². The third kappa shape index (κ3) is 4.87. The van der Waals surface area contributed by atoms with E-state index in [9.17, 15) is 13.2 Å². The molecule has 0 bridgehead atoms. The van der Waals surface area contributed by atoms with Gasteiger partial charge in [0.1, 0.15) is 10.6 Å². The fourth-order valence-electron chi connectivity index (χ4n) is 2.81. The lowest BCUT2D eigenvalue weighted by Gasteiger charge is -2.18. The molecule has 146 valence electrons.